The number of aliphatic hydroxyl groups excluding tert-OH is 1. The predicted octanol–water partition coefficient (Wildman–Crippen LogP) is 0.00877. The Hall–Kier alpha value is -0.840. The summed E-state index contributed by atoms with van der Waals surface area (Å²) in [6.45, 7) is 1.71. The van der Waals surface area contributed by atoms with Gasteiger partial charge in [-0.15, -0.1) is 0 Å². The van der Waals surface area contributed by atoms with E-state index in [4.69, 9.17) is 11.3 Å². The summed E-state index contributed by atoms with van der Waals surface area (Å²) in [7, 11) is 2.48. The van der Waals surface area contributed by atoms with Crippen molar-refractivity contribution in [1.29, 1.82) is 5.15 Å². The first-order valence-corrected chi connectivity index (χ1v) is 3.93. The number of nitrogens with zero attached hydrogens (tertiary/aromatic N) is 1. The van der Waals surface area contributed by atoms with Crippen molar-refractivity contribution < 1.29 is 16.0 Å². The van der Waals surface area contributed by atoms with Crippen LogP contribution in [0.4, 0.5) is 0 Å². The molecule has 0 unspecified atom stereocenters. The zero-order valence-corrected chi connectivity index (χ0v) is 8.36. The van der Waals surface area contributed by atoms with Crippen molar-refractivity contribution >= 4 is 21.2 Å². The summed E-state index contributed by atoms with van der Waals surface area (Å²) < 4.78 is 10.5. The van der Waals surface area contributed by atoms with Gasteiger partial charge in [0.25, 0.3) is 5.91 Å². The molecule has 0 aromatic carbocycles. The fourth-order valence-corrected chi connectivity index (χ4v) is 0.398. The quantitative estimate of drug-likeness (QED) is 0.257. The average molecular weight is 208 g/mol. The predicted molar refractivity (Wildman–Crippen MR) is 51.2 cm³/mol. The van der Waals surface area contributed by atoms with E-state index in [9.17, 15) is 4.79 Å². The first kappa shape index (κ1) is 12.2. The topological polar surface area (TPSA) is 94.8 Å². The molecule has 1 amide bonds. The molecule has 0 heterocycles. The summed E-state index contributed by atoms with van der Waals surface area (Å²) >= 11 is 0. The Morgan fingerprint density at radius 1 is 2.00 bits per heavy atom. The van der Waals surface area contributed by atoms with Crippen LogP contribution in [0.3, 0.4) is 0 Å². The van der Waals surface area contributed by atoms with Gasteiger partial charge in [-0.3, -0.25) is 9.95 Å². The highest BCUT2D eigenvalue weighted by Crippen LogP contribution is 1.73. The van der Waals surface area contributed by atoms with E-state index in [1.165, 1.54) is 6.21 Å². The van der Waals surface area contributed by atoms with E-state index in [1.807, 2.05) is 0 Å². The zero-order valence-electron chi connectivity index (χ0n) is 8.36. The molecule has 3 N–H and O–H groups in total. The SMILES string of the molecule is CC=NNC(=O)COCCO.[2H]N=P. The molecule has 0 fully saturated rings. The van der Waals surface area contributed by atoms with E-state index in [2.05, 4.69) is 24.7 Å². The summed E-state index contributed by atoms with van der Waals surface area (Å²) in [5.41, 5.74) is 2.22. The van der Waals surface area contributed by atoms with E-state index in [-0.39, 0.29) is 25.7 Å². The summed E-state index contributed by atoms with van der Waals surface area (Å²) in [5.74, 6) is -0.323. The fraction of sp³-hybridized carbons (Fsp3) is 0.667. The van der Waals surface area contributed by atoms with Crippen LogP contribution < -0.4 is 5.43 Å². The van der Waals surface area contributed by atoms with Crippen LogP contribution in [-0.4, -0.2) is 37.0 Å². The van der Waals surface area contributed by atoms with Crippen molar-refractivity contribution in [3.05, 3.63) is 0 Å². The molecule has 13 heavy (non-hydrogen) atoms. The molecule has 0 spiro atoms. The molecule has 0 rings (SSSR count). The third kappa shape index (κ3) is 14.1. The first-order valence-electron chi connectivity index (χ1n) is 3.93. The normalized spacial score (nSPS) is 9.85. The monoisotopic (exact) mass is 208 g/mol. The third-order valence-electron chi connectivity index (χ3n) is 0.787. The second kappa shape index (κ2) is 13.7. The van der Waals surface area contributed by atoms with Crippen LogP contribution in [0.15, 0.2) is 5.10 Å². The lowest BCUT2D eigenvalue weighted by Crippen LogP contribution is -2.23. The first-order chi connectivity index (χ1) is 6.72. The third-order valence-corrected chi connectivity index (χ3v) is 0.787. The molecule has 0 bridgehead atoms. The molecular weight excluding hydrogens is 193 g/mol. The van der Waals surface area contributed by atoms with Crippen LogP contribution in [0.1, 0.15) is 6.92 Å². The van der Waals surface area contributed by atoms with Crippen LogP contribution in [0.2, 0.25) is 1.41 Å². The van der Waals surface area contributed by atoms with E-state index >= 15 is 0 Å². The number of carbonyl (C=O) groups is 1. The van der Waals surface area contributed by atoms with Crippen molar-refractivity contribution in [2.75, 3.05) is 19.8 Å². The van der Waals surface area contributed by atoms with Gasteiger partial charge < -0.3 is 9.84 Å². The standard InChI is InChI=1S/C6H12N2O3.H2NP/c1-2-7-8-6(10)5-11-4-3-9;1-2/h2,9H,3-5H2,1H3,(H,8,10);1-2H/i/hD. The summed E-state index contributed by atoms with van der Waals surface area (Å²) in [6, 6.07) is 0. The summed E-state index contributed by atoms with van der Waals surface area (Å²) in [5, 5.41) is 14.3. The molecule has 6 nitrogen and oxygen atoms in total. The van der Waals surface area contributed by atoms with Gasteiger partial charge in [-0.1, -0.05) is 0 Å². The smallest absolute Gasteiger partial charge is 0.266 e. The van der Waals surface area contributed by atoms with Crippen LogP contribution in [0.5, 0.6) is 0 Å². The number of hydrazone groups is 1. The molecule has 0 atom stereocenters. The van der Waals surface area contributed by atoms with Crippen LogP contribution >= 0.6 is 9.03 Å². The second-order valence-electron chi connectivity index (χ2n) is 1.70. The van der Waals surface area contributed by atoms with Crippen LogP contribution in [0.25, 0.3) is 0 Å². The molecular formula is C6H14N3O3P. The Labute approximate surface area is 80.5 Å². The lowest BCUT2D eigenvalue weighted by molar-refractivity contribution is -0.125. The van der Waals surface area contributed by atoms with Gasteiger partial charge in [-0.05, 0) is 16.0 Å². The van der Waals surface area contributed by atoms with E-state index in [0.717, 1.165) is 0 Å². The highest BCUT2D eigenvalue weighted by Gasteiger charge is 1.96. The van der Waals surface area contributed by atoms with Crippen LogP contribution in [-0.2, 0) is 9.53 Å². The van der Waals surface area contributed by atoms with Crippen molar-refractivity contribution in [1.82, 2.24) is 5.43 Å². The van der Waals surface area contributed by atoms with Gasteiger partial charge >= 0.3 is 0 Å². The van der Waals surface area contributed by atoms with Gasteiger partial charge in [0.05, 0.1) is 13.2 Å². The maximum Gasteiger partial charge on any atom is 0.266 e. The van der Waals surface area contributed by atoms with Gasteiger partial charge in [-0.25, -0.2) is 5.43 Å². The fourth-order valence-electron chi connectivity index (χ4n) is 0.398. The van der Waals surface area contributed by atoms with Gasteiger partial charge in [-0.2, -0.15) is 5.10 Å². The van der Waals surface area contributed by atoms with E-state index in [1.54, 1.807) is 6.92 Å². The van der Waals surface area contributed by atoms with Gasteiger partial charge in [0.15, 0.2) is 1.41 Å². The Bertz CT molecular complexity index is 180. The molecule has 0 radical (unpaired) electrons. The highest BCUT2D eigenvalue weighted by molar-refractivity contribution is 7.02. The number of ether oxygens (including phenoxy) is 1. The summed E-state index contributed by atoms with van der Waals surface area (Å²) in [6.07, 6.45) is 1.46. The summed E-state index contributed by atoms with van der Waals surface area (Å²) in [4.78, 5) is 10.6. The second-order valence-corrected chi connectivity index (χ2v) is 1.70. The largest absolute Gasteiger partial charge is 0.394 e. The molecule has 0 saturated carbocycles. The number of rotatable bonds is 5. The molecule has 0 aromatic rings. The van der Waals surface area contributed by atoms with E-state index in [0.29, 0.717) is 0 Å². The number of carbonyl (C=O) groups excluding carboxylic acids is 1. The van der Waals surface area contributed by atoms with E-state index < -0.39 is 0 Å². The minimum atomic E-state index is -0.323. The highest BCUT2D eigenvalue weighted by atomic mass is 31.0. The molecule has 0 aliphatic carbocycles. The number of amides is 1. The molecule has 0 aliphatic heterocycles. The Balaban J connectivity index is 0. The van der Waals surface area contributed by atoms with Gasteiger partial charge in [0.2, 0.25) is 0 Å². The Kier molecular flexibility index (Phi) is 12.8. The molecule has 76 valence electrons. The molecule has 0 aromatic heterocycles. The van der Waals surface area contributed by atoms with Crippen molar-refractivity contribution in [3.8, 4) is 0 Å². The molecule has 0 aliphatic rings. The lowest BCUT2D eigenvalue weighted by atomic mass is 10.6. The molecule has 0 saturated heterocycles. The maximum absolute atomic E-state index is 10.6. The number of nitrogens with one attached hydrogen (secondary N) is 2. The Morgan fingerprint density at radius 2 is 2.62 bits per heavy atom. The van der Waals surface area contributed by atoms with Crippen molar-refractivity contribution in [3.63, 3.8) is 0 Å². The van der Waals surface area contributed by atoms with Crippen molar-refractivity contribution in [2.24, 2.45) is 5.10 Å². The number of hydrogen-bond acceptors (Lipinski definition) is 5. The van der Waals surface area contributed by atoms with Gasteiger partial charge in [0, 0.05) is 6.21 Å². The minimum Gasteiger partial charge on any atom is -0.394 e. The number of aliphatic hydroxyl groups is 1. The minimum absolute atomic E-state index is 0.0715. The average Bonchev–Trinajstić information content (AvgIpc) is 2.16. The van der Waals surface area contributed by atoms with Crippen molar-refractivity contribution in [2.45, 2.75) is 6.92 Å². The number of hydrogen-bond donors (Lipinski definition) is 3. The lowest BCUT2D eigenvalue weighted by Gasteiger charge is -1.99. The Morgan fingerprint density at radius 3 is 3.08 bits per heavy atom. The molecule has 7 heteroatoms. The van der Waals surface area contributed by atoms with Crippen LogP contribution in [0, 0.1) is 5.15 Å². The maximum atomic E-state index is 10.6. The zero-order chi connectivity index (χ0) is 11.2. The van der Waals surface area contributed by atoms with Gasteiger partial charge in [0.1, 0.15) is 6.61 Å².